The van der Waals surface area contributed by atoms with E-state index in [1.807, 2.05) is 6.20 Å². The monoisotopic (exact) mass is 380 g/mol. The molecule has 0 unspecified atom stereocenters. The van der Waals surface area contributed by atoms with E-state index in [2.05, 4.69) is 26.8 Å². The van der Waals surface area contributed by atoms with Crippen molar-refractivity contribution in [2.24, 2.45) is 17.4 Å². The van der Waals surface area contributed by atoms with Gasteiger partial charge in [0.25, 0.3) is 0 Å². The van der Waals surface area contributed by atoms with Gasteiger partial charge in [0, 0.05) is 30.3 Å². The van der Waals surface area contributed by atoms with Crippen molar-refractivity contribution in [3.8, 4) is 0 Å². The summed E-state index contributed by atoms with van der Waals surface area (Å²) in [5, 5.41) is 0. The van der Waals surface area contributed by atoms with Gasteiger partial charge in [0.2, 0.25) is 5.91 Å². The molecule has 2 fully saturated rings. The van der Waals surface area contributed by atoms with Gasteiger partial charge < -0.3 is 16.5 Å². The molecule has 0 saturated heterocycles. The summed E-state index contributed by atoms with van der Waals surface area (Å²) in [5.41, 5.74) is 17.0. The summed E-state index contributed by atoms with van der Waals surface area (Å²) in [6.07, 6.45) is 14.2. The second-order valence-corrected chi connectivity index (χ2v) is 8.66. The number of aromatic nitrogens is 4. The van der Waals surface area contributed by atoms with E-state index in [0.717, 1.165) is 73.9 Å². The zero-order valence-corrected chi connectivity index (χ0v) is 16.1. The standard InChI is InChI=1S/C21H28N6O/c22-15-7-5-13(6-8-15)17-11-27-18(26-17)10-25-21-19(27)16(9-24-21)12-1-3-14(4-2-12)20(23)28/h9-15,24H,1-8,22H2,(H2,23,28). The summed E-state index contributed by atoms with van der Waals surface area (Å²) < 4.78 is 2.21. The minimum absolute atomic E-state index is 0.0251. The highest BCUT2D eigenvalue weighted by atomic mass is 16.1. The number of H-pyrrole nitrogens is 1. The fourth-order valence-electron chi connectivity index (χ4n) is 5.19. The number of hydrogen-bond donors (Lipinski definition) is 3. The summed E-state index contributed by atoms with van der Waals surface area (Å²) in [4.78, 5) is 24.3. The molecule has 1 amide bonds. The third-order valence-electron chi connectivity index (χ3n) is 6.92. The highest BCUT2D eigenvalue weighted by Gasteiger charge is 2.28. The lowest BCUT2D eigenvalue weighted by atomic mass is 9.79. The first-order chi connectivity index (χ1) is 13.6. The van der Waals surface area contributed by atoms with E-state index in [-0.39, 0.29) is 11.8 Å². The lowest BCUT2D eigenvalue weighted by molar-refractivity contribution is -0.122. The number of rotatable bonds is 3. The molecule has 3 aromatic rings. The minimum Gasteiger partial charge on any atom is -0.369 e. The van der Waals surface area contributed by atoms with Crippen LogP contribution >= 0.6 is 0 Å². The first-order valence-corrected chi connectivity index (χ1v) is 10.5. The van der Waals surface area contributed by atoms with Gasteiger partial charge in [-0.1, -0.05) is 0 Å². The van der Waals surface area contributed by atoms with Crippen LogP contribution in [0.4, 0.5) is 0 Å². The maximum Gasteiger partial charge on any atom is 0.220 e. The number of carbonyl (C=O) groups excluding carboxylic acids is 1. The molecule has 28 heavy (non-hydrogen) atoms. The molecule has 0 aliphatic heterocycles. The second-order valence-electron chi connectivity index (χ2n) is 8.66. The zero-order chi connectivity index (χ0) is 19.3. The van der Waals surface area contributed by atoms with Crippen LogP contribution in [0.25, 0.3) is 16.8 Å². The van der Waals surface area contributed by atoms with Crippen LogP contribution in [-0.4, -0.2) is 31.3 Å². The fraction of sp³-hybridized carbons (Fsp3) is 0.571. The van der Waals surface area contributed by atoms with Crippen molar-refractivity contribution in [2.75, 3.05) is 0 Å². The number of nitrogens with two attached hydrogens (primary N) is 2. The third kappa shape index (κ3) is 2.98. The minimum atomic E-state index is -0.159. The lowest BCUT2D eigenvalue weighted by Crippen LogP contribution is -2.27. The predicted octanol–water partition coefficient (Wildman–Crippen LogP) is 2.95. The van der Waals surface area contributed by atoms with Crippen molar-refractivity contribution in [2.45, 2.75) is 69.2 Å². The van der Waals surface area contributed by atoms with Gasteiger partial charge >= 0.3 is 0 Å². The Kier molecular flexibility index (Phi) is 4.34. The molecule has 3 aromatic heterocycles. The maximum atomic E-state index is 11.5. The molecule has 2 aliphatic carbocycles. The number of carbonyl (C=O) groups is 1. The van der Waals surface area contributed by atoms with E-state index in [0.29, 0.717) is 17.9 Å². The molecule has 7 heteroatoms. The van der Waals surface area contributed by atoms with E-state index >= 15 is 0 Å². The van der Waals surface area contributed by atoms with E-state index < -0.39 is 0 Å². The quantitative estimate of drug-likeness (QED) is 0.648. The molecule has 0 aromatic carbocycles. The fourth-order valence-corrected chi connectivity index (χ4v) is 5.19. The number of nitrogens with one attached hydrogen (secondary N) is 1. The Labute approximate surface area is 163 Å². The second kappa shape index (κ2) is 6.88. The van der Waals surface area contributed by atoms with E-state index in [1.165, 1.54) is 5.56 Å². The lowest BCUT2D eigenvalue weighted by Gasteiger charge is -2.26. The summed E-state index contributed by atoms with van der Waals surface area (Å²) in [5.74, 6) is 0.781. The van der Waals surface area contributed by atoms with Gasteiger partial charge in [0.1, 0.15) is 0 Å². The molecule has 2 aliphatic rings. The van der Waals surface area contributed by atoms with Crippen LogP contribution in [0.2, 0.25) is 0 Å². The molecule has 5 N–H and O–H groups in total. The number of amides is 1. The maximum absolute atomic E-state index is 11.5. The topological polar surface area (TPSA) is 115 Å². The van der Waals surface area contributed by atoms with Crippen LogP contribution in [0.15, 0.2) is 18.6 Å². The molecule has 148 valence electrons. The van der Waals surface area contributed by atoms with Crippen LogP contribution in [-0.2, 0) is 4.79 Å². The van der Waals surface area contributed by atoms with Crippen molar-refractivity contribution in [3.63, 3.8) is 0 Å². The molecule has 0 atom stereocenters. The number of hydrogen-bond acceptors (Lipinski definition) is 4. The van der Waals surface area contributed by atoms with Crippen LogP contribution in [0, 0.1) is 5.92 Å². The molecule has 0 spiro atoms. The van der Waals surface area contributed by atoms with Crippen molar-refractivity contribution in [1.29, 1.82) is 0 Å². The first-order valence-electron chi connectivity index (χ1n) is 10.5. The Morgan fingerprint density at radius 1 is 1.07 bits per heavy atom. The molecule has 0 bridgehead atoms. The van der Waals surface area contributed by atoms with Crippen LogP contribution in [0.1, 0.15) is 74.5 Å². The molecular weight excluding hydrogens is 352 g/mol. The van der Waals surface area contributed by atoms with Gasteiger partial charge in [0.05, 0.1) is 17.4 Å². The predicted molar refractivity (Wildman–Crippen MR) is 108 cm³/mol. The summed E-state index contributed by atoms with van der Waals surface area (Å²) in [7, 11) is 0. The van der Waals surface area contributed by atoms with Crippen LogP contribution < -0.4 is 11.5 Å². The van der Waals surface area contributed by atoms with Gasteiger partial charge in [-0.05, 0) is 62.8 Å². The van der Waals surface area contributed by atoms with E-state index in [4.69, 9.17) is 16.5 Å². The third-order valence-corrected chi connectivity index (χ3v) is 6.92. The van der Waals surface area contributed by atoms with Gasteiger partial charge in [0.15, 0.2) is 11.3 Å². The normalized spacial score (nSPS) is 28.8. The molecule has 7 nitrogen and oxygen atoms in total. The zero-order valence-electron chi connectivity index (χ0n) is 16.1. The Morgan fingerprint density at radius 3 is 2.50 bits per heavy atom. The largest absolute Gasteiger partial charge is 0.369 e. The molecule has 3 heterocycles. The van der Waals surface area contributed by atoms with Crippen molar-refractivity contribution >= 4 is 22.7 Å². The average molecular weight is 380 g/mol. The number of imidazole rings is 1. The van der Waals surface area contributed by atoms with Crippen molar-refractivity contribution in [1.82, 2.24) is 19.4 Å². The number of primary amides is 1. The van der Waals surface area contributed by atoms with Gasteiger partial charge in [-0.15, -0.1) is 0 Å². The Balaban J connectivity index is 1.49. The van der Waals surface area contributed by atoms with Gasteiger partial charge in [-0.3, -0.25) is 9.20 Å². The summed E-state index contributed by atoms with van der Waals surface area (Å²) >= 11 is 0. The molecule has 5 rings (SSSR count). The number of fused-ring (bicyclic) bond motifs is 3. The smallest absolute Gasteiger partial charge is 0.220 e. The average Bonchev–Trinajstić information content (AvgIpc) is 3.32. The Bertz CT molecular complexity index is 1000. The molecule has 2 saturated carbocycles. The van der Waals surface area contributed by atoms with Crippen molar-refractivity contribution < 1.29 is 4.79 Å². The van der Waals surface area contributed by atoms with E-state index in [9.17, 15) is 4.79 Å². The Morgan fingerprint density at radius 2 is 1.79 bits per heavy atom. The summed E-state index contributed by atoms with van der Waals surface area (Å²) in [6, 6.07) is 0.341. The summed E-state index contributed by atoms with van der Waals surface area (Å²) in [6.45, 7) is 0. The van der Waals surface area contributed by atoms with Gasteiger partial charge in [-0.2, -0.15) is 0 Å². The van der Waals surface area contributed by atoms with Gasteiger partial charge in [-0.25, -0.2) is 9.97 Å². The number of nitrogens with zero attached hydrogens (tertiary/aromatic N) is 3. The van der Waals surface area contributed by atoms with Crippen LogP contribution in [0.5, 0.6) is 0 Å². The SMILES string of the molecule is NC(=O)C1CCC(c2c[nH]c3ncc4nc(C5CCC(N)CC5)cn4c23)CC1. The van der Waals surface area contributed by atoms with E-state index in [1.54, 1.807) is 0 Å². The molecule has 0 radical (unpaired) electrons. The van der Waals surface area contributed by atoms with Crippen molar-refractivity contribution in [3.05, 3.63) is 29.8 Å². The highest BCUT2D eigenvalue weighted by Crippen LogP contribution is 2.39. The molecular formula is C21H28N6O. The number of aromatic amines is 1. The van der Waals surface area contributed by atoms with Crippen LogP contribution in [0.3, 0.4) is 0 Å². The first kappa shape index (κ1) is 17.7. The Hall–Kier alpha value is -2.41. The highest BCUT2D eigenvalue weighted by molar-refractivity contribution is 5.80.